The molecule has 0 aliphatic rings. The number of phenols is 1. The molecule has 0 aliphatic heterocycles. The third-order valence-corrected chi connectivity index (χ3v) is 6.30. The Hall–Kier alpha value is -4.25. The average molecular weight is 584 g/mol. The number of phenolic OH excluding ortho intramolecular Hbond substituents is 1. The first-order valence-corrected chi connectivity index (χ1v) is 14.1. The molecule has 0 saturated carbocycles. The minimum Gasteiger partial charge on any atom is -0.508 e. The van der Waals surface area contributed by atoms with Gasteiger partial charge in [-0.1, -0.05) is 56.3 Å². The molecule has 0 heterocycles. The summed E-state index contributed by atoms with van der Waals surface area (Å²) in [5, 5.41) is 19.9. The summed E-state index contributed by atoms with van der Waals surface area (Å²) < 4.78 is 14.4. The molecule has 0 bridgehead atoms. The summed E-state index contributed by atoms with van der Waals surface area (Å²) in [5.74, 6) is -2.50. The number of likely N-dealkylation sites (N-methyl/N-ethyl adjacent to an activating group) is 1. The molecule has 0 spiro atoms. The molecule has 11 heteroatoms. The number of halogens is 1. The van der Waals surface area contributed by atoms with Gasteiger partial charge in [-0.25, -0.2) is 4.39 Å². The van der Waals surface area contributed by atoms with E-state index in [1.54, 1.807) is 19.1 Å². The molecule has 10 nitrogen and oxygen atoms in total. The van der Waals surface area contributed by atoms with E-state index in [9.17, 15) is 28.7 Å². The standard InChI is InChI=1S/C31H42FN5O5/c1-4-34-30(41)26(16-20(2)3)37-31(42)27(18-21-8-6-5-7-9-21)36-29(40)19-35-28(39)15-14-24(32)25(33)17-22-10-12-23(38)13-11-22/h5-14,20,25-27,38H,4,15-19,33H2,1-3H3,(H,34,41)(H,35,39)(H,36,40)(H,37,42)/b24-14-/t25-,26-,27-/m0/s1. The fourth-order valence-corrected chi connectivity index (χ4v) is 4.15. The van der Waals surface area contributed by atoms with Gasteiger partial charge in [-0.3, -0.25) is 19.2 Å². The van der Waals surface area contributed by atoms with Crippen LogP contribution in [-0.4, -0.2) is 60.0 Å². The molecule has 42 heavy (non-hydrogen) atoms. The molecule has 2 aromatic rings. The number of benzene rings is 2. The van der Waals surface area contributed by atoms with Crippen molar-refractivity contribution in [1.82, 2.24) is 21.3 Å². The topological polar surface area (TPSA) is 163 Å². The zero-order chi connectivity index (χ0) is 31.1. The predicted molar refractivity (Wildman–Crippen MR) is 159 cm³/mol. The summed E-state index contributed by atoms with van der Waals surface area (Å²) in [7, 11) is 0. The average Bonchev–Trinajstić information content (AvgIpc) is 2.95. The van der Waals surface area contributed by atoms with Gasteiger partial charge in [0.05, 0.1) is 12.6 Å². The Bertz CT molecular complexity index is 1200. The lowest BCUT2D eigenvalue weighted by atomic mass is 10.0. The van der Waals surface area contributed by atoms with Gasteiger partial charge >= 0.3 is 0 Å². The van der Waals surface area contributed by atoms with Crippen molar-refractivity contribution in [2.45, 2.75) is 64.6 Å². The van der Waals surface area contributed by atoms with E-state index in [0.717, 1.165) is 17.2 Å². The zero-order valence-electron chi connectivity index (χ0n) is 24.4. The van der Waals surface area contributed by atoms with E-state index in [1.807, 2.05) is 44.2 Å². The van der Waals surface area contributed by atoms with E-state index in [0.29, 0.717) is 13.0 Å². The molecule has 228 valence electrons. The number of nitrogens with two attached hydrogens (primary N) is 1. The van der Waals surface area contributed by atoms with Crippen molar-refractivity contribution < 1.29 is 28.7 Å². The van der Waals surface area contributed by atoms with Crippen LogP contribution >= 0.6 is 0 Å². The van der Waals surface area contributed by atoms with E-state index >= 15 is 0 Å². The van der Waals surface area contributed by atoms with Gasteiger partial charge in [-0.2, -0.15) is 0 Å². The van der Waals surface area contributed by atoms with Gasteiger partial charge in [0.1, 0.15) is 23.7 Å². The fourth-order valence-electron chi connectivity index (χ4n) is 4.15. The number of nitrogens with one attached hydrogen (secondary N) is 4. The summed E-state index contributed by atoms with van der Waals surface area (Å²) in [6.45, 7) is 5.65. The van der Waals surface area contributed by atoms with E-state index in [1.165, 1.54) is 12.1 Å². The molecule has 7 N–H and O–H groups in total. The second-order valence-corrected chi connectivity index (χ2v) is 10.4. The zero-order valence-corrected chi connectivity index (χ0v) is 24.4. The van der Waals surface area contributed by atoms with E-state index in [4.69, 9.17) is 5.73 Å². The molecule has 0 unspecified atom stereocenters. The van der Waals surface area contributed by atoms with Gasteiger partial charge in [0.15, 0.2) is 0 Å². The van der Waals surface area contributed by atoms with E-state index < -0.39 is 48.2 Å². The van der Waals surface area contributed by atoms with Crippen LogP contribution in [0.3, 0.4) is 0 Å². The lowest BCUT2D eigenvalue weighted by molar-refractivity contribution is -0.132. The van der Waals surface area contributed by atoms with Crippen molar-refractivity contribution >= 4 is 23.6 Å². The molecule has 4 amide bonds. The Morgan fingerprint density at radius 3 is 2.12 bits per heavy atom. The summed E-state index contributed by atoms with van der Waals surface area (Å²) in [6, 6.07) is 12.6. The second kappa shape index (κ2) is 17.5. The van der Waals surface area contributed by atoms with Crippen LogP contribution in [0, 0.1) is 5.92 Å². The number of rotatable bonds is 16. The number of amides is 4. The smallest absolute Gasteiger partial charge is 0.243 e. The van der Waals surface area contributed by atoms with Crippen LogP contribution in [-0.2, 0) is 32.0 Å². The first kappa shape index (κ1) is 34.0. The molecule has 0 radical (unpaired) electrons. The number of hydrogen-bond acceptors (Lipinski definition) is 6. The lowest BCUT2D eigenvalue weighted by Gasteiger charge is -2.24. The quantitative estimate of drug-likeness (QED) is 0.177. The number of carbonyl (C=O) groups excluding carboxylic acids is 4. The highest BCUT2D eigenvalue weighted by Crippen LogP contribution is 2.14. The molecule has 0 aromatic heterocycles. The molecular formula is C31H42FN5O5. The highest BCUT2D eigenvalue weighted by atomic mass is 19.1. The highest BCUT2D eigenvalue weighted by molar-refractivity contribution is 5.93. The summed E-state index contributed by atoms with van der Waals surface area (Å²) in [5.41, 5.74) is 7.39. The van der Waals surface area contributed by atoms with E-state index in [-0.39, 0.29) is 36.8 Å². The molecule has 0 fully saturated rings. The van der Waals surface area contributed by atoms with Crippen LogP contribution < -0.4 is 27.0 Å². The fraction of sp³-hybridized carbons (Fsp3) is 0.419. The minimum atomic E-state index is -1.00. The SMILES string of the molecule is CCNC(=O)[C@H](CC(C)C)NC(=O)[C@H](Cc1ccccc1)NC(=O)CNC(=O)C/C=C(\F)[C@@H](N)Cc1ccc(O)cc1. The molecule has 2 rings (SSSR count). The van der Waals surface area contributed by atoms with Gasteiger partial charge in [0.25, 0.3) is 0 Å². The summed E-state index contributed by atoms with van der Waals surface area (Å²) >= 11 is 0. The van der Waals surface area contributed by atoms with Gasteiger partial charge < -0.3 is 32.1 Å². The molecule has 0 saturated heterocycles. The number of carbonyl (C=O) groups is 4. The first-order chi connectivity index (χ1) is 20.0. The van der Waals surface area contributed by atoms with Crippen LogP contribution in [0.5, 0.6) is 5.75 Å². The maximum atomic E-state index is 14.4. The van der Waals surface area contributed by atoms with Gasteiger partial charge in [-0.15, -0.1) is 0 Å². The van der Waals surface area contributed by atoms with Crippen molar-refractivity contribution in [3.8, 4) is 5.75 Å². The normalized spacial score (nSPS) is 13.5. The maximum absolute atomic E-state index is 14.4. The van der Waals surface area contributed by atoms with Crippen molar-refractivity contribution in [3.63, 3.8) is 0 Å². The second-order valence-electron chi connectivity index (χ2n) is 10.4. The minimum absolute atomic E-state index is 0.0887. The highest BCUT2D eigenvalue weighted by Gasteiger charge is 2.27. The molecule has 3 atom stereocenters. The Kier molecular flexibility index (Phi) is 14.2. The molecular weight excluding hydrogens is 541 g/mol. The Balaban J connectivity index is 1.97. The number of aromatic hydroxyl groups is 1. The maximum Gasteiger partial charge on any atom is 0.243 e. The van der Waals surface area contributed by atoms with Crippen LogP contribution in [0.2, 0.25) is 0 Å². The van der Waals surface area contributed by atoms with E-state index in [2.05, 4.69) is 21.3 Å². The predicted octanol–water partition coefficient (Wildman–Crippen LogP) is 2.02. The largest absolute Gasteiger partial charge is 0.508 e. The monoisotopic (exact) mass is 583 g/mol. The van der Waals surface area contributed by atoms with Crippen LogP contribution in [0.1, 0.15) is 44.7 Å². The third kappa shape index (κ3) is 12.5. The van der Waals surface area contributed by atoms with Gasteiger partial charge in [0.2, 0.25) is 23.6 Å². The molecule has 2 aromatic carbocycles. The van der Waals surface area contributed by atoms with Gasteiger partial charge in [0, 0.05) is 19.4 Å². The Labute approximate surface area is 246 Å². The lowest BCUT2D eigenvalue weighted by Crippen LogP contribution is -2.55. The van der Waals surface area contributed by atoms with Crippen LogP contribution in [0.25, 0.3) is 0 Å². The van der Waals surface area contributed by atoms with Crippen molar-refractivity contribution in [2.75, 3.05) is 13.1 Å². The van der Waals surface area contributed by atoms with Gasteiger partial charge in [-0.05, 0) is 55.0 Å². The third-order valence-electron chi connectivity index (χ3n) is 6.30. The van der Waals surface area contributed by atoms with Crippen LogP contribution in [0.15, 0.2) is 66.5 Å². The first-order valence-electron chi connectivity index (χ1n) is 14.1. The summed E-state index contributed by atoms with van der Waals surface area (Å²) in [4.78, 5) is 50.8. The summed E-state index contributed by atoms with van der Waals surface area (Å²) in [6.07, 6.45) is 1.49. The Morgan fingerprint density at radius 2 is 1.50 bits per heavy atom. The molecule has 0 aliphatic carbocycles. The Morgan fingerprint density at radius 1 is 0.857 bits per heavy atom. The number of hydrogen-bond donors (Lipinski definition) is 6. The van der Waals surface area contributed by atoms with Crippen LogP contribution in [0.4, 0.5) is 4.39 Å². The van der Waals surface area contributed by atoms with Crippen molar-refractivity contribution in [3.05, 3.63) is 77.6 Å². The van der Waals surface area contributed by atoms with Crippen molar-refractivity contribution in [2.24, 2.45) is 11.7 Å². The van der Waals surface area contributed by atoms with Crippen molar-refractivity contribution in [1.29, 1.82) is 0 Å².